The third kappa shape index (κ3) is 3.85. The number of nitriles is 1. The maximum Gasteiger partial charge on any atom is 0.265 e. The van der Waals surface area contributed by atoms with Gasteiger partial charge in [-0.25, -0.2) is 12.8 Å². The number of ether oxygens (including phenoxy) is 2. The van der Waals surface area contributed by atoms with Crippen LogP contribution in [0.4, 0.5) is 10.1 Å². The highest BCUT2D eigenvalue weighted by molar-refractivity contribution is 7.96. The molecule has 0 fully saturated rings. The number of sulfonamides is 1. The quantitative estimate of drug-likeness (QED) is 0.539. The van der Waals surface area contributed by atoms with Crippen LogP contribution < -0.4 is 14.8 Å². The van der Waals surface area contributed by atoms with Gasteiger partial charge in [-0.1, -0.05) is 36.4 Å². The second kappa shape index (κ2) is 9.06. The zero-order valence-electron chi connectivity index (χ0n) is 19.3. The highest BCUT2D eigenvalue weighted by Gasteiger charge is 2.47. The molecule has 0 saturated carbocycles. The van der Waals surface area contributed by atoms with E-state index in [1.165, 1.54) is 28.6 Å². The molecule has 0 aliphatic carbocycles. The molecule has 0 bridgehead atoms. The molecule has 3 aromatic rings. The minimum atomic E-state index is -4.21. The molecule has 3 aromatic carbocycles. The molecule has 0 unspecified atom stereocenters. The van der Waals surface area contributed by atoms with Crippen molar-refractivity contribution in [1.29, 1.82) is 5.26 Å². The third-order valence-corrected chi connectivity index (χ3v) is 8.00. The average Bonchev–Trinajstić information content (AvgIpc) is 2.87. The standard InChI is InChI=1S/C27H22FN3O4S/c1-2-34-20-13-9-18(10-14-20)24-22(15-29)27(30)35-25-21-5-3-4-6-23(21)31(36(32,33)26(24)25)16-17-7-11-19(28)12-8-17/h3-14,24H,2,16,30H2,1H3/t24-/m0/s1. The SMILES string of the molecule is CCOc1ccc([C@H]2C(C#N)=C(N)OC3=C2S(=O)(=O)N(Cc2ccc(F)cc2)c2ccccc23)cc1. The Labute approximate surface area is 208 Å². The van der Waals surface area contributed by atoms with E-state index in [2.05, 4.69) is 0 Å². The number of nitrogens with two attached hydrogens (primary N) is 1. The van der Waals surface area contributed by atoms with Crippen molar-refractivity contribution in [3.05, 3.63) is 112 Å². The predicted molar refractivity (Wildman–Crippen MR) is 133 cm³/mol. The highest BCUT2D eigenvalue weighted by Crippen LogP contribution is 2.51. The van der Waals surface area contributed by atoms with Crippen LogP contribution in [0.3, 0.4) is 0 Å². The minimum Gasteiger partial charge on any atom is -0.494 e. The molecule has 5 rings (SSSR count). The van der Waals surface area contributed by atoms with Crippen LogP contribution in [-0.4, -0.2) is 15.0 Å². The van der Waals surface area contributed by atoms with Gasteiger partial charge >= 0.3 is 0 Å². The lowest BCUT2D eigenvalue weighted by Gasteiger charge is -2.38. The zero-order valence-corrected chi connectivity index (χ0v) is 20.1. The van der Waals surface area contributed by atoms with Gasteiger partial charge in [0.05, 0.1) is 24.8 Å². The van der Waals surface area contributed by atoms with Crippen LogP contribution in [0.1, 0.15) is 29.5 Å². The van der Waals surface area contributed by atoms with Crippen LogP contribution >= 0.6 is 0 Å². The zero-order chi connectivity index (χ0) is 25.4. The number of nitrogens with zero attached hydrogens (tertiary/aromatic N) is 2. The Bertz CT molecular complexity index is 1540. The molecule has 2 aliphatic heterocycles. The Balaban J connectivity index is 1.71. The third-order valence-electron chi connectivity index (χ3n) is 6.12. The van der Waals surface area contributed by atoms with Gasteiger partial charge in [0.2, 0.25) is 5.88 Å². The Kier molecular flexibility index (Phi) is 5.90. The molecular weight excluding hydrogens is 481 g/mol. The fourth-order valence-corrected chi connectivity index (χ4v) is 6.40. The van der Waals surface area contributed by atoms with Gasteiger partial charge in [-0.05, 0) is 54.4 Å². The van der Waals surface area contributed by atoms with Gasteiger partial charge < -0.3 is 15.2 Å². The fourth-order valence-electron chi connectivity index (χ4n) is 4.49. The van der Waals surface area contributed by atoms with Gasteiger partial charge in [0.15, 0.2) is 5.76 Å². The largest absolute Gasteiger partial charge is 0.494 e. The maximum atomic E-state index is 14.2. The summed E-state index contributed by atoms with van der Waals surface area (Å²) in [4.78, 5) is -0.0711. The lowest BCUT2D eigenvalue weighted by Crippen LogP contribution is -2.39. The molecule has 36 heavy (non-hydrogen) atoms. The molecule has 0 aromatic heterocycles. The van der Waals surface area contributed by atoms with Gasteiger partial charge in [0, 0.05) is 5.56 Å². The van der Waals surface area contributed by atoms with Gasteiger partial charge in [-0.2, -0.15) is 5.26 Å². The summed E-state index contributed by atoms with van der Waals surface area (Å²) in [6.07, 6.45) is 0. The van der Waals surface area contributed by atoms with E-state index in [4.69, 9.17) is 15.2 Å². The van der Waals surface area contributed by atoms with Crippen molar-refractivity contribution in [2.24, 2.45) is 5.73 Å². The number of fused-ring (bicyclic) bond motifs is 2. The van der Waals surface area contributed by atoms with Crippen molar-refractivity contribution in [3.63, 3.8) is 0 Å². The van der Waals surface area contributed by atoms with Gasteiger partial charge in [0.1, 0.15) is 28.1 Å². The van der Waals surface area contributed by atoms with Crippen molar-refractivity contribution < 1.29 is 22.3 Å². The molecule has 1 atom stereocenters. The van der Waals surface area contributed by atoms with E-state index in [1.54, 1.807) is 48.5 Å². The summed E-state index contributed by atoms with van der Waals surface area (Å²) >= 11 is 0. The van der Waals surface area contributed by atoms with Crippen LogP contribution in [0.5, 0.6) is 5.75 Å². The van der Waals surface area contributed by atoms with Crippen molar-refractivity contribution in [3.8, 4) is 11.8 Å². The van der Waals surface area contributed by atoms with Crippen LogP contribution in [-0.2, 0) is 21.3 Å². The van der Waals surface area contributed by atoms with Crippen LogP contribution in [0.15, 0.2) is 89.2 Å². The van der Waals surface area contributed by atoms with Gasteiger partial charge in [-0.15, -0.1) is 0 Å². The van der Waals surface area contributed by atoms with E-state index >= 15 is 0 Å². The number of anilines is 1. The molecule has 7 nitrogen and oxygen atoms in total. The molecule has 0 saturated heterocycles. The molecular formula is C27H22FN3O4S. The Morgan fingerprint density at radius 3 is 2.44 bits per heavy atom. The first-order valence-electron chi connectivity index (χ1n) is 11.3. The van der Waals surface area contributed by atoms with Crippen LogP contribution in [0.25, 0.3) is 5.76 Å². The van der Waals surface area contributed by atoms with Gasteiger partial charge in [0.25, 0.3) is 10.0 Å². The number of rotatable bonds is 5. The van der Waals surface area contributed by atoms with E-state index < -0.39 is 21.8 Å². The average molecular weight is 504 g/mol. The number of hydrogen-bond donors (Lipinski definition) is 1. The first-order chi connectivity index (χ1) is 17.3. The van der Waals surface area contributed by atoms with Gasteiger partial charge in [-0.3, -0.25) is 4.31 Å². The lowest BCUT2D eigenvalue weighted by molar-refractivity contribution is 0.340. The summed E-state index contributed by atoms with van der Waals surface area (Å²) in [7, 11) is -4.21. The van der Waals surface area contributed by atoms with E-state index in [0.717, 1.165) is 0 Å². The predicted octanol–water partition coefficient (Wildman–Crippen LogP) is 4.75. The topological polar surface area (TPSA) is 106 Å². The van der Waals surface area contributed by atoms with Crippen molar-refractivity contribution in [2.75, 3.05) is 10.9 Å². The smallest absolute Gasteiger partial charge is 0.265 e. The summed E-state index contributed by atoms with van der Waals surface area (Å²) in [6, 6.07) is 21.5. The summed E-state index contributed by atoms with van der Waals surface area (Å²) < 4.78 is 54.5. The number of para-hydroxylation sites is 1. The summed E-state index contributed by atoms with van der Waals surface area (Å²) in [5, 5.41) is 9.96. The lowest BCUT2D eigenvalue weighted by atomic mass is 9.88. The summed E-state index contributed by atoms with van der Waals surface area (Å²) in [6.45, 7) is 2.31. The van der Waals surface area contributed by atoms with Crippen molar-refractivity contribution >= 4 is 21.5 Å². The number of hydrogen-bond acceptors (Lipinski definition) is 6. The first-order valence-corrected chi connectivity index (χ1v) is 12.7. The number of allylic oxidation sites excluding steroid dienone is 2. The minimum absolute atomic E-state index is 0.00241. The van der Waals surface area contributed by atoms with Crippen molar-refractivity contribution in [1.82, 2.24) is 0 Å². The molecule has 9 heteroatoms. The normalized spacial score (nSPS) is 18.1. The first kappa shape index (κ1) is 23.5. The number of halogens is 1. The second-order valence-electron chi connectivity index (χ2n) is 8.28. The highest BCUT2D eigenvalue weighted by atomic mass is 32.2. The monoisotopic (exact) mass is 503 g/mol. The van der Waals surface area contributed by atoms with Crippen molar-refractivity contribution in [2.45, 2.75) is 19.4 Å². The Morgan fingerprint density at radius 2 is 1.78 bits per heavy atom. The van der Waals surface area contributed by atoms with Crippen LogP contribution in [0, 0.1) is 17.1 Å². The Hall–Kier alpha value is -4.29. The van der Waals surface area contributed by atoms with E-state index in [-0.39, 0.29) is 28.7 Å². The van der Waals surface area contributed by atoms with Crippen LogP contribution in [0.2, 0.25) is 0 Å². The maximum absolute atomic E-state index is 14.2. The van der Waals surface area contributed by atoms with E-state index in [0.29, 0.717) is 34.7 Å². The molecule has 2 N–H and O–H groups in total. The molecule has 2 heterocycles. The molecule has 0 spiro atoms. The second-order valence-corrected chi connectivity index (χ2v) is 10.1. The van der Waals surface area contributed by atoms with E-state index in [9.17, 15) is 18.1 Å². The molecule has 0 amide bonds. The number of benzene rings is 3. The molecule has 182 valence electrons. The Morgan fingerprint density at radius 1 is 1.08 bits per heavy atom. The molecule has 0 radical (unpaired) electrons. The fraction of sp³-hybridized carbons (Fsp3) is 0.148. The summed E-state index contributed by atoms with van der Waals surface area (Å²) in [5.41, 5.74) is 8.24. The van der Waals surface area contributed by atoms with E-state index in [1.807, 2.05) is 13.0 Å². The molecule has 2 aliphatic rings. The summed E-state index contributed by atoms with van der Waals surface area (Å²) in [5.74, 6) is -0.833.